The minimum Gasteiger partial charge on any atom is -0.497 e. The quantitative estimate of drug-likeness (QED) is 0.382. The standard InChI is InChI=1S/C30H34N2O8/c1-35-20-9-7-18(8-10-20)28-22(30(34)31-23-13-11-21(36-2)17-24(23)37-3)12-14-27(33)32(28)19-15-25(38-4)29(40-6)26(16-19)39-5/h7-11,13,15-17,22,28H,12,14H2,1-6H3,(H,31,34)/t22-,28-/m1/s1. The van der Waals surface area contributed by atoms with Gasteiger partial charge in [-0.25, -0.2) is 0 Å². The maximum atomic E-state index is 13.9. The molecule has 2 amide bonds. The fourth-order valence-electron chi connectivity index (χ4n) is 4.99. The van der Waals surface area contributed by atoms with Gasteiger partial charge >= 0.3 is 0 Å². The van der Waals surface area contributed by atoms with Crippen molar-refractivity contribution in [1.82, 2.24) is 0 Å². The summed E-state index contributed by atoms with van der Waals surface area (Å²) in [6.45, 7) is 0. The topological polar surface area (TPSA) is 105 Å². The van der Waals surface area contributed by atoms with Crippen molar-refractivity contribution < 1.29 is 38.0 Å². The molecule has 1 saturated heterocycles. The molecule has 0 saturated carbocycles. The Morgan fingerprint density at radius 3 is 1.90 bits per heavy atom. The normalized spacial score (nSPS) is 16.6. The van der Waals surface area contributed by atoms with Crippen molar-refractivity contribution in [3.63, 3.8) is 0 Å². The number of rotatable bonds is 10. The van der Waals surface area contributed by atoms with Crippen molar-refractivity contribution in [2.75, 3.05) is 52.9 Å². The third kappa shape index (κ3) is 5.56. The minimum atomic E-state index is -0.640. The molecule has 1 aliphatic rings. The van der Waals surface area contributed by atoms with E-state index in [9.17, 15) is 9.59 Å². The molecule has 0 bridgehead atoms. The molecule has 0 spiro atoms. The number of nitrogens with zero attached hydrogens (tertiary/aromatic N) is 1. The van der Waals surface area contributed by atoms with E-state index in [-0.39, 0.29) is 18.2 Å². The first-order valence-electron chi connectivity index (χ1n) is 12.7. The second kappa shape index (κ2) is 12.5. The van der Waals surface area contributed by atoms with Crippen molar-refractivity contribution >= 4 is 23.2 Å². The Hall–Kier alpha value is -4.60. The Morgan fingerprint density at radius 1 is 0.750 bits per heavy atom. The summed E-state index contributed by atoms with van der Waals surface area (Å²) in [4.78, 5) is 29.1. The Bertz CT molecular complexity index is 1330. The first kappa shape index (κ1) is 28.4. The van der Waals surface area contributed by atoms with Gasteiger partial charge in [-0.1, -0.05) is 12.1 Å². The van der Waals surface area contributed by atoms with E-state index in [1.807, 2.05) is 24.3 Å². The van der Waals surface area contributed by atoms with E-state index >= 15 is 0 Å². The fourth-order valence-corrected chi connectivity index (χ4v) is 4.99. The Labute approximate surface area is 233 Å². The molecule has 0 radical (unpaired) electrons. The summed E-state index contributed by atoms with van der Waals surface area (Å²) in [5.74, 6) is 1.92. The van der Waals surface area contributed by atoms with Gasteiger partial charge in [-0.2, -0.15) is 0 Å². The number of nitrogens with one attached hydrogen (secondary N) is 1. The first-order valence-corrected chi connectivity index (χ1v) is 12.7. The fraction of sp³-hybridized carbons (Fsp3) is 0.333. The van der Waals surface area contributed by atoms with Crippen molar-refractivity contribution in [2.45, 2.75) is 18.9 Å². The SMILES string of the molecule is COc1ccc([C@@H]2[C@H](C(=O)Nc3ccc(OC)cc3OC)CCC(=O)N2c2cc(OC)c(OC)c(OC)c2)cc1. The molecule has 1 aliphatic heterocycles. The van der Waals surface area contributed by atoms with Gasteiger partial charge in [-0.05, 0) is 36.2 Å². The number of amides is 2. The molecule has 3 aromatic rings. The van der Waals surface area contributed by atoms with Crippen molar-refractivity contribution in [3.05, 3.63) is 60.2 Å². The number of methoxy groups -OCH3 is 6. The van der Waals surface area contributed by atoms with Crippen LogP contribution in [0.3, 0.4) is 0 Å². The molecule has 1 heterocycles. The second-order valence-corrected chi connectivity index (χ2v) is 9.07. The average molecular weight is 551 g/mol. The van der Waals surface area contributed by atoms with Crippen LogP contribution >= 0.6 is 0 Å². The molecule has 0 unspecified atom stereocenters. The van der Waals surface area contributed by atoms with E-state index < -0.39 is 12.0 Å². The molecule has 3 aromatic carbocycles. The van der Waals surface area contributed by atoms with Gasteiger partial charge in [0.25, 0.3) is 0 Å². The van der Waals surface area contributed by atoms with Crippen LogP contribution in [0.5, 0.6) is 34.5 Å². The van der Waals surface area contributed by atoms with Crippen molar-refractivity contribution in [3.8, 4) is 34.5 Å². The molecule has 1 N–H and O–H groups in total. The summed E-state index contributed by atoms with van der Waals surface area (Å²) >= 11 is 0. The molecule has 4 rings (SSSR count). The van der Waals surface area contributed by atoms with Crippen LogP contribution in [0, 0.1) is 5.92 Å². The molecule has 10 nitrogen and oxygen atoms in total. The van der Waals surface area contributed by atoms with Crippen molar-refractivity contribution in [2.24, 2.45) is 5.92 Å². The van der Waals surface area contributed by atoms with Crippen LogP contribution in [-0.2, 0) is 9.59 Å². The highest BCUT2D eigenvalue weighted by atomic mass is 16.5. The molecule has 212 valence electrons. The summed E-state index contributed by atoms with van der Waals surface area (Å²) in [5.41, 5.74) is 1.78. The molecular formula is C30H34N2O8. The molecule has 0 aromatic heterocycles. The van der Waals surface area contributed by atoms with Crippen LogP contribution in [0.15, 0.2) is 54.6 Å². The summed E-state index contributed by atoms with van der Waals surface area (Å²) in [6.07, 6.45) is 0.516. The Morgan fingerprint density at radius 2 is 1.35 bits per heavy atom. The number of ether oxygens (including phenoxy) is 6. The minimum absolute atomic E-state index is 0.138. The monoisotopic (exact) mass is 550 g/mol. The van der Waals surface area contributed by atoms with E-state index in [0.717, 1.165) is 5.56 Å². The highest BCUT2D eigenvalue weighted by Gasteiger charge is 2.42. The zero-order valence-electron chi connectivity index (χ0n) is 23.5. The molecular weight excluding hydrogens is 516 g/mol. The number of benzene rings is 3. The maximum absolute atomic E-state index is 13.9. The smallest absolute Gasteiger partial charge is 0.230 e. The number of piperidine rings is 1. The average Bonchev–Trinajstić information content (AvgIpc) is 3.00. The zero-order valence-corrected chi connectivity index (χ0v) is 23.5. The number of carbonyl (C=O) groups excluding carboxylic acids is 2. The van der Waals surface area contributed by atoms with Gasteiger partial charge < -0.3 is 38.6 Å². The summed E-state index contributed by atoms with van der Waals surface area (Å²) in [5, 5.41) is 3.00. The first-order chi connectivity index (χ1) is 19.4. The van der Waals surface area contributed by atoms with Crippen LogP contribution in [0.2, 0.25) is 0 Å². The van der Waals surface area contributed by atoms with E-state index in [1.165, 1.54) is 28.4 Å². The Balaban J connectivity index is 1.81. The largest absolute Gasteiger partial charge is 0.497 e. The molecule has 1 fully saturated rings. The van der Waals surface area contributed by atoms with Gasteiger partial charge in [-0.3, -0.25) is 9.59 Å². The van der Waals surface area contributed by atoms with E-state index in [1.54, 1.807) is 49.5 Å². The van der Waals surface area contributed by atoms with E-state index in [4.69, 9.17) is 28.4 Å². The second-order valence-electron chi connectivity index (χ2n) is 9.07. The maximum Gasteiger partial charge on any atom is 0.230 e. The molecule has 2 atom stereocenters. The summed E-state index contributed by atoms with van der Waals surface area (Å²) < 4.78 is 32.7. The summed E-state index contributed by atoms with van der Waals surface area (Å²) in [7, 11) is 9.20. The lowest BCUT2D eigenvalue weighted by Crippen LogP contribution is -2.47. The Kier molecular flexibility index (Phi) is 8.88. The predicted molar refractivity (Wildman–Crippen MR) is 150 cm³/mol. The van der Waals surface area contributed by atoms with Gasteiger partial charge in [-0.15, -0.1) is 0 Å². The van der Waals surface area contributed by atoms with Crippen LogP contribution in [-0.4, -0.2) is 54.5 Å². The molecule has 40 heavy (non-hydrogen) atoms. The molecule has 10 heteroatoms. The third-order valence-corrected chi connectivity index (χ3v) is 6.99. The van der Waals surface area contributed by atoms with Crippen LogP contribution in [0.25, 0.3) is 0 Å². The van der Waals surface area contributed by atoms with Crippen LogP contribution < -0.4 is 38.6 Å². The lowest BCUT2D eigenvalue weighted by molar-refractivity contribution is -0.125. The van der Waals surface area contributed by atoms with Gasteiger partial charge in [0.05, 0.1) is 66.0 Å². The number of anilines is 2. The lowest BCUT2D eigenvalue weighted by atomic mass is 9.83. The van der Waals surface area contributed by atoms with Gasteiger partial charge in [0.15, 0.2) is 11.5 Å². The van der Waals surface area contributed by atoms with Crippen LogP contribution in [0.1, 0.15) is 24.4 Å². The van der Waals surface area contributed by atoms with Gasteiger partial charge in [0, 0.05) is 24.6 Å². The molecule has 0 aliphatic carbocycles. The summed E-state index contributed by atoms with van der Waals surface area (Å²) in [6, 6.07) is 15.3. The number of hydrogen-bond donors (Lipinski definition) is 1. The number of carbonyl (C=O) groups is 2. The lowest BCUT2D eigenvalue weighted by Gasteiger charge is -2.41. The highest BCUT2D eigenvalue weighted by Crippen LogP contribution is 2.46. The van der Waals surface area contributed by atoms with Gasteiger partial charge in [0.1, 0.15) is 17.2 Å². The highest BCUT2D eigenvalue weighted by molar-refractivity contribution is 6.01. The zero-order chi connectivity index (χ0) is 28.8. The predicted octanol–water partition coefficient (Wildman–Crippen LogP) is 4.86. The van der Waals surface area contributed by atoms with Crippen molar-refractivity contribution in [1.29, 1.82) is 0 Å². The third-order valence-electron chi connectivity index (χ3n) is 6.99. The number of hydrogen-bond acceptors (Lipinski definition) is 8. The van der Waals surface area contributed by atoms with E-state index in [0.29, 0.717) is 52.3 Å². The van der Waals surface area contributed by atoms with E-state index in [2.05, 4.69) is 5.32 Å². The van der Waals surface area contributed by atoms with Gasteiger partial charge in [0.2, 0.25) is 17.6 Å². The van der Waals surface area contributed by atoms with Crippen LogP contribution in [0.4, 0.5) is 11.4 Å².